The zero-order chi connectivity index (χ0) is 36.2. The van der Waals surface area contributed by atoms with Gasteiger partial charge in [0.15, 0.2) is 11.5 Å². The highest BCUT2D eigenvalue weighted by Gasteiger charge is 2.28. The summed E-state index contributed by atoms with van der Waals surface area (Å²) < 4.78 is 29.8. The molecule has 0 radical (unpaired) electrons. The Morgan fingerprint density at radius 3 is 2.00 bits per heavy atom. The number of nitrogens with zero attached hydrogens (tertiary/aromatic N) is 2. The summed E-state index contributed by atoms with van der Waals surface area (Å²) in [4.78, 5) is 42.7. The van der Waals surface area contributed by atoms with E-state index in [1.807, 2.05) is 30.3 Å². The largest absolute Gasteiger partial charge is 0.493 e. The summed E-state index contributed by atoms with van der Waals surface area (Å²) in [6, 6.07) is 25.0. The zero-order valence-corrected chi connectivity index (χ0v) is 29.5. The standard InChI is InChI=1S/C39H41N3O8/c1-39(2,3)50-38(45)40-26-14-16-27(17-15-26)42-34(37(44)41(4)5)33(25-20-31(46-6)35(48-8)32(21-25)47-7)29-19-18-28(22-30(29)36(42)43)49-23-24-12-10-9-11-13-24/h9-22H,23H2,1-8H3,(H,40,45). The molecule has 0 aliphatic carbocycles. The van der Waals surface area contributed by atoms with Gasteiger partial charge in [0.1, 0.15) is 23.7 Å². The number of rotatable bonds is 10. The summed E-state index contributed by atoms with van der Waals surface area (Å²) in [6.07, 6.45) is -0.621. The third kappa shape index (κ3) is 7.52. The van der Waals surface area contributed by atoms with Gasteiger partial charge < -0.3 is 28.6 Å². The lowest BCUT2D eigenvalue weighted by Crippen LogP contribution is -2.32. The molecule has 11 nitrogen and oxygen atoms in total. The molecule has 5 rings (SSSR count). The molecule has 0 spiro atoms. The number of anilines is 1. The maximum Gasteiger partial charge on any atom is 0.412 e. The highest BCUT2D eigenvalue weighted by atomic mass is 16.6. The lowest BCUT2D eigenvalue weighted by atomic mass is 9.95. The number of hydrogen-bond acceptors (Lipinski definition) is 8. The lowest BCUT2D eigenvalue weighted by Gasteiger charge is -2.23. The Hall–Kier alpha value is -5.97. The summed E-state index contributed by atoms with van der Waals surface area (Å²) in [7, 11) is 7.77. The molecule has 0 bridgehead atoms. The summed E-state index contributed by atoms with van der Waals surface area (Å²) in [6.45, 7) is 5.61. The topological polar surface area (TPSA) is 118 Å². The first kappa shape index (κ1) is 35.3. The van der Waals surface area contributed by atoms with Gasteiger partial charge in [0.25, 0.3) is 11.5 Å². The van der Waals surface area contributed by atoms with Gasteiger partial charge in [0.2, 0.25) is 5.75 Å². The zero-order valence-electron chi connectivity index (χ0n) is 29.5. The fraction of sp³-hybridized carbons (Fsp3) is 0.256. The van der Waals surface area contributed by atoms with E-state index in [0.29, 0.717) is 62.9 Å². The molecule has 11 heteroatoms. The minimum atomic E-state index is -0.684. The molecule has 0 fully saturated rings. The molecule has 50 heavy (non-hydrogen) atoms. The fourth-order valence-electron chi connectivity index (χ4n) is 5.50. The number of aromatic nitrogens is 1. The number of pyridine rings is 1. The van der Waals surface area contributed by atoms with Crippen molar-refractivity contribution in [3.63, 3.8) is 0 Å². The molecule has 0 aliphatic heterocycles. The molecule has 1 aromatic heterocycles. The van der Waals surface area contributed by atoms with Crippen LogP contribution in [0.2, 0.25) is 0 Å². The molecule has 1 heterocycles. The Morgan fingerprint density at radius 1 is 0.800 bits per heavy atom. The van der Waals surface area contributed by atoms with Gasteiger partial charge >= 0.3 is 6.09 Å². The van der Waals surface area contributed by atoms with Gasteiger partial charge in [-0.3, -0.25) is 19.5 Å². The van der Waals surface area contributed by atoms with Crippen LogP contribution >= 0.6 is 0 Å². The number of methoxy groups -OCH3 is 3. The van der Waals surface area contributed by atoms with Crippen LogP contribution < -0.4 is 29.8 Å². The quantitative estimate of drug-likeness (QED) is 0.163. The highest BCUT2D eigenvalue weighted by molar-refractivity contribution is 6.09. The number of carbonyl (C=O) groups excluding carboxylic acids is 2. The Labute approximate surface area is 290 Å². The molecule has 2 amide bonds. The van der Waals surface area contributed by atoms with Crippen molar-refractivity contribution in [2.45, 2.75) is 33.0 Å². The molecule has 5 aromatic rings. The second-order valence-corrected chi connectivity index (χ2v) is 12.6. The molecule has 0 aliphatic rings. The van der Waals surface area contributed by atoms with Crippen LogP contribution in [-0.2, 0) is 11.3 Å². The molecular formula is C39H41N3O8. The van der Waals surface area contributed by atoms with Crippen LogP contribution in [0, 0.1) is 0 Å². The number of amides is 2. The average molecular weight is 680 g/mol. The number of carbonyl (C=O) groups is 2. The highest BCUT2D eigenvalue weighted by Crippen LogP contribution is 2.44. The molecule has 4 aromatic carbocycles. The van der Waals surface area contributed by atoms with Crippen molar-refractivity contribution in [2.75, 3.05) is 40.7 Å². The Kier molecular flexibility index (Phi) is 10.4. The smallest absolute Gasteiger partial charge is 0.412 e. The molecule has 0 unspecified atom stereocenters. The third-order valence-electron chi connectivity index (χ3n) is 7.74. The molecule has 1 N–H and O–H groups in total. The Balaban J connectivity index is 1.78. The van der Waals surface area contributed by atoms with Crippen LogP contribution in [0.15, 0.2) is 89.7 Å². The van der Waals surface area contributed by atoms with Gasteiger partial charge in [0.05, 0.1) is 26.7 Å². The van der Waals surface area contributed by atoms with E-state index in [1.54, 1.807) is 89.5 Å². The lowest BCUT2D eigenvalue weighted by molar-refractivity contribution is 0.0635. The first-order valence-corrected chi connectivity index (χ1v) is 15.9. The fourth-order valence-corrected chi connectivity index (χ4v) is 5.50. The minimum absolute atomic E-state index is 0.104. The Morgan fingerprint density at radius 2 is 1.44 bits per heavy atom. The van der Waals surface area contributed by atoms with Gasteiger partial charge in [-0.1, -0.05) is 30.3 Å². The van der Waals surface area contributed by atoms with E-state index < -0.39 is 23.2 Å². The molecule has 260 valence electrons. The van der Waals surface area contributed by atoms with Gasteiger partial charge in [-0.2, -0.15) is 0 Å². The van der Waals surface area contributed by atoms with E-state index >= 15 is 0 Å². The van der Waals surface area contributed by atoms with Gasteiger partial charge in [-0.15, -0.1) is 0 Å². The summed E-state index contributed by atoms with van der Waals surface area (Å²) in [5.74, 6) is 1.17. The predicted molar refractivity (Wildman–Crippen MR) is 193 cm³/mol. The molecule has 0 saturated carbocycles. The molecule has 0 saturated heterocycles. The van der Waals surface area contributed by atoms with Crippen LogP contribution in [-0.4, -0.2) is 62.5 Å². The first-order valence-electron chi connectivity index (χ1n) is 15.9. The average Bonchev–Trinajstić information content (AvgIpc) is 3.09. The summed E-state index contributed by atoms with van der Waals surface area (Å²) in [5, 5.41) is 3.53. The second kappa shape index (κ2) is 14.7. The van der Waals surface area contributed by atoms with Crippen molar-refractivity contribution in [1.29, 1.82) is 0 Å². The monoisotopic (exact) mass is 679 g/mol. The second-order valence-electron chi connectivity index (χ2n) is 12.6. The van der Waals surface area contributed by atoms with Gasteiger partial charge in [-0.25, -0.2) is 4.79 Å². The van der Waals surface area contributed by atoms with E-state index in [4.69, 9.17) is 23.7 Å². The van der Waals surface area contributed by atoms with Crippen molar-refractivity contribution in [2.24, 2.45) is 0 Å². The van der Waals surface area contributed by atoms with Crippen molar-refractivity contribution in [3.05, 3.63) is 107 Å². The molecule has 0 atom stereocenters. The van der Waals surface area contributed by atoms with E-state index in [0.717, 1.165) is 5.56 Å². The number of hydrogen-bond donors (Lipinski definition) is 1. The maximum atomic E-state index is 14.6. The molecular weight excluding hydrogens is 638 g/mol. The van der Waals surface area contributed by atoms with Crippen LogP contribution in [0.1, 0.15) is 36.8 Å². The van der Waals surface area contributed by atoms with Crippen molar-refractivity contribution >= 4 is 28.5 Å². The van der Waals surface area contributed by atoms with Crippen LogP contribution in [0.3, 0.4) is 0 Å². The number of nitrogens with one attached hydrogen (secondary N) is 1. The SMILES string of the molecule is COc1cc(-c2c(C(=O)N(C)C)n(-c3ccc(NC(=O)OC(C)(C)C)cc3)c(=O)c3cc(OCc4ccccc4)ccc23)cc(OC)c1OC. The van der Waals surface area contributed by atoms with Crippen LogP contribution in [0.4, 0.5) is 10.5 Å². The number of fused-ring (bicyclic) bond motifs is 1. The van der Waals surface area contributed by atoms with Crippen LogP contribution in [0.5, 0.6) is 23.0 Å². The van der Waals surface area contributed by atoms with E-state index in [1.165, 1.54) is 30.8 Å². The van der Waals surface area contributed by atoms with Crippen molar-refractivity contribution in [3.8, 4) is 39.8 Å². The third-order valence-corrected chi connectivity index (χ3v) is 7.74. The minimum Gasteiger partial charge on any atom is -0.493 e. The van der Waals surface area contributed by atoms with E-state index in [-0.39, 0.29) is 5.69 Å². The summed E-state index contributed by atoms with van der Waals surface area (Å²) >= 11 is 0. The maximum absolute atomic E-state index is 14.6. The number of ether oxygens (including phenoxy) is 5. The number of benzene rings is 4. The van der Waals surface area contributed by atoms with Crippen molar-refractivity contribution < 1.29 is 33.3 Å². The Bertz CT molecular complexity index is 2060. The van der Waals surface area contributed by atoms with E-state index in [2.05, 4.69) is 5.32 Å². The van der Waals surface area contributed by atoms with Crippen LogP contribution in [0.25, 0.3) is 27.6 Å². The van der Waals surface area contributed by atoms with Gasteiger partial charge in [0, 0.05) is 31.0 Å². The van der Waals surface area contributed by atoms with E-state index in [9.17, 15) is 14.4 Å². The summed E-state index contributed by atoms with van der Waals surface area (Å²) in [5.41, 5.74) is 1.78. The normalized spacial score (nSPS) is 11.1. The van der Waals surface area contributed by atoms with Crippen molar-refractivity contribution in [1.82, 2.24) is 9.47 Å². The van der Waals surface area contributed by atoms with Gasteiger partial charge in [-0.05, 0) is 91.9 Å². The predicted octanol–water partition coefficient (Wildman–Crippen LogP) is 7.31. The first-order chi connectivity index (χ1) is 23.8.